The van der Waals surface area contributed by atoms with Crippen LogP contribution in [0, 0.1) is 0 Å². The highest BCUT2D eigenvalue weighted by Crippen LogP contribution is 2.30. The number of fused-ring (bicyclic) bond motifs is 1. The van der Waals surface area contributed by atoms with Gasteiger partial charge in [0, 0.05) is 5.39 Å². The number of hydrogen-bond acceptors (Lipinski definition) is 5. The van der Waals surface area contributed by atoms with Crippen LogP contribution in [0.3, 0.4) is 0 Å². The lowest BCUT2D eigenvalue weighted by atomic mass is 10.1. The molecule has 0 saturated heterocycles. The predicted octanol–water partition coefficient (Wildman–Crippen LogP) is 3.45. The van der Waals surface area contributed by atoms with Crippen LogP contribution in [0.25, 0.3) is 28.2 Å². The lowest BCUT2D eigenvalue weighted by Gasteiger charge is -2.13. The molecule has 0 N–H and O–H groups in total. The first-order valence-electron chi connectivity index (χ1n) is 7.41. The molecule has 0 fully saturated rings. The molecule has 0 unspecified atom stereocenters. The first-order valence-corrected chi connectivity index (χ1v) is 7.41. The van der Waals surface area contributed by atoms with Gasteiger partial charge in [0.05, 0.1) is 5.69 Å². The Balaban J connectivity index is 2.11. The minimum Gasteiger partial charge on any atom is -0.423 e. The molecule has 3 aromatic heterocycles. The van der Waals surface area contributed by atoms with Crippen LogP contribution in [0.4, 0.5) is 13.2 Å². The van der Waals surface area contributed by atoms with E-state index in [0.717, 1.165) is 17.0 Å². The molecule has 130 valence electrons. The molecule has 0 aliphatic rings. The number of para-hydroxylation sites is 1. The molecule has 0 spiro atoms. The molecule has 0 aliphatic carbocycles. The molecule has 0 amide bonds. The molecule has 3 heterocycles. The monoisotopic (exact) mass is 358 g/mol. The highest BCUT2D eigenvalue weighted by molar-refractivity contribution is 5.81. The number of aromatic nitrogens is 4. The van der Waals surface area contributed by atoms with Gasteiger partial charge in [0.15, 0.2) is 0 Å². The summed E-state index contributed by atoms with van der Waals surface area (Å²) in [7, 11) is 0. The van der Waals surface area contributed by atoms with Gasteiger partial charge in [-0.05, 0) is 30.3 Å². The Bertz CT molecular complexity index is 1140. The summed E-state index contributed by atoms with van der Waals surface area (Å²) >= 11 is 0. The molecule has 26 heavy (non-hydrogen) atoms. The van der Waals surface area contributed by atoms with Crippen LogP contribution in [0.2, 0.25) is 0 Å². The molecule has 0 aliphatic heterocycles. The van der Waals surface area contributed by atoms with Crippen LogP contribution in [0.15, 0.2) is 64.1 Å². The van der Waals surface area contributed by atoms with Crippen molar-refractivity contribution in [3.8, 4) is 17.1 Å². The first kappa shape index (κ1) is 16.0. The molecule has 4 rings (SSSR count). The van der Waals surface area contributed by atoms with Crippen LogP contribution < -0.4 is 5.56 Å². The Hall–Kier alpha value is -3.49. The molecular formula is C17H9F3N4O2. The van der Waals surface area contributed by atoms with Gasteiger partial charge in [-0.25, -0.2) is 4.98 Å². The van der Waals surface area contributed by atoms with Crippen molar-refractivity contribution in [1.82, 2.24) is 19.7 Å². The van der Waals surface area contributed by atoms with E-state index in [1.807, 2.05) is 0 Å². The largest absolute Gasteiger partial charge is 0.433 e. The van der Waals surface area contributed by atoms with Crippen molar-refractivity contribution in [2.45, 2.75) is 6.18 Å². The molecule has 0 radical (unpaired) electrons. The molecule has 0 saturated carbocycles. The molecule has 0 atom stereocenters. The third kappa shape index (κ3) is 2.63. The highest BCUT2D eigenvalue weighted by Gasteiger charge is 2.33. The highest BCUT2D eigenvalue weighted by atomic mass is 19.4. The van der Waals surface area contributed by atoms with E-state index >= 15 is 0 Å². The summed E-state index contributed by atoms with van der Waals surface area (Å²) < 4.78 is 45.4. The molecule has 9 heteroatoms. The summed E-state index contributed by atoms with van der Waals surface area (Å²) in [5.74, 6) is -0.0264. The van der Waals surface area contributed by atoms with E-state index in [4.69, 9.17) is 4.42 Å². The number of halogens is 3. The number of hydrogen-bond donors (Lipinski definition) is 0. The maximum absolute atomic E-state index is 13.1. The lowest BCUT2D eigenvalue weighted by molar-refractivity contribution is -0.141. The van der Waals surface area contributed by atoms with Gasteiger partial charge in [0.1, 0.15) is 16.9 Å². The Morgan fingerprint density at radius 2 is 1.81 bits per heavy atom. The zero-order valence-corrected chi connectivity index (χ0v) is 12.9. The Morgan fingerprint density at radius 1 is 1.04 bits per heavy atom. The van der Waals surface area contributed by atoms with Crippen LogP contribution >= 0.6 is 0 Å². The van der Waals surface area contributed by atoms with Crippen molar-refractivity contribution in [3.05, 3.63) is 71.0 Å². The summed E-state index contributed by atoms with van der Waals surface area (Å²) in [5, 5.41) is 7.58. The van der Waals surface area contributed by atoms with Gasteiger partial charge >= 0.3 is 6.18 Å². The topological polar surface area (TPSA) is 73.8 Å². The summed E-state index contributed by atoms with van der Waals surface area (Å²) in [6, 6.07) is 11.8. The van der Waals surface area contributed by atoms with E-state index in [9.17, 15) is 18.0 Å². The van der Waals surface area contributed by atoms with Crippen LogP contribution in [0.5, 0.6) is 0 Å². The van der Waals surface area contributed by atoms with Gasteiger partial charge in [-0.2, -0.15) is 13.2 Å². The molecule has 6 nitrogen and oxygen atoms in total. The van der Waals surface area contributed by atoms with Gasteiger partial charge < -0.3 is 4.42 Å². The lowest BCUT2D eigenvalue weighted by Crippen LogP contribution is -2.22. The third-order valence-electron chi connectivity index (χ3n) is 3.75. The van der Waals surface area contributed by atoms with Crippen LogP contribution in [0.1, 0.15) is 5.69 Å². The third-order valence-corrected chi connectivity index (χ3v) is 3.75. The fourth-order valence-corrected chi connectivity index (χ4v) is 2.60. The van der Waals surface area contributed by atoms with E-state index in [2.05, 4.69) is 15.2 Å². The Morgan fingerprint density at radius 3 is 2.46 bits per heavy atom. The van der Waals surface area contributed by atoms with Crippen molar-refractivity contribution in [2.75, 3.05) is 0 Å². The number of benzene rings is 1. The zero-order valence-electron chi connectivity index (χ0n) is 12.9. The van der Waals surface area contributed by atoms with Gasteiger partial charge in [0.25, 0.3) is 11.4 Å². The molecular weight excluding hydrogens is 349 g/mol. The summed E-state index contributed by atoms with van der Waals surface area (Å²) in [4.78, 5) is 16.6. The van der Waals surface area contributed by atoms with Crippen LogP contribution in [-0.2, 0) is 6.18 Å². The van der Waals surface area contributed by atoms with Gasteiger partial charge in [-0.15, -0.1) is 10.2 Å². The van der Waals surface area contributed by atoms with Gasteiger partial charge in [0.2, 0.25) is 6.39 Å². The fourth-order valence-electron chi connectivity index (χ4n) is 2.60. The van der Waals surface area contributed by atoms with Gasteiger partial charge in [-0.3, -0.25) is 9.36 Å². The maximum Gasteiger partial charge on any atom is 0.433 e. The standard InChI is InChI=1S/C17H9F3N4O2/c18-17(19,20)13-7-6-10-8-12(15-23-21-9-26-15)16(25)24(14(10)22-13)11-4-2-1-3-5-11/h1-9H. The quantitative estimate of drug-likeness (QED) is 0.549. The number of alkyl halides is 3. The summed E-state index contributed by atoms with van der Waals surface area (Å²) in [6.07, 6.45) is -3.56. The van der Waals surface area contributed by atoms with E-state index in [-0.39, 0.29) is 17.1 Å². The SMILES string of the molecule is O=c1c(-c2nnco2)cc2ccc(C(F)(F)F)nc2n1-c1ccccc1. The minimum atomic E-state index is -4.63. The van der Waals surface area contributed by atoms with Crippen molar-refractivity contribution >= 4 is 11.0 Å². The normalized spacial score (nSPS) is 11.8. The van der Waals surface area contributed by atoms with Crippen LogP contribution in [-0.4, -0.2) is 19.7 Å². The smallest absolute Gasteiger partial charge is 0.423 e. The van der Waals surface area contributed by atoms with Crippen molar-refractivity contribution < 1.29 is 17.6 Å². The zero-order chi connectivity index (χ0) is 18.3. The van der Waals surface area contributed by atoms with Crippen molar-refractivity contribution in [2.24, 2.45) is 0 Å². The van der Waals surface area contributed by atoms with Crippen molar-refractivity contribution in [1.29, 1.82) is 0 Å². The van der Waals surface area contributed by atoms with E-state index < -0.39 is 17.4 Å². The second-order valence-electron chi connectivity index (χ2n) is 5.39. The predicted molar refractivity (Wildman–Crippen MR) is 85.6 cm³/mol. The van der Waals surface area contributed by atoms with E-state index in [0.29, 0.717) is 11.1 Å². The van der Waals surface area contributed by atoms with Crippen molar-refractivity contribution in [3.63, 3.8) is 0 Å². The maximum atomic E-state index is 13.1. The number of rotatable bonds is 2. The Labute approximate surface area is 143 Å². The van der Waals surface area contributed by atoms with Gasteiger partial charge in [-0.1, -0.05) is 18.2 Å². The molecule has 0 bridgehead atoms. The average Bonchev–Trinajstić information content (AvgIpc) is 3.15. The first-order chi connectivity index (χ1) is 12.4. The summed E-state index contributed by atoms with van der Waals surface area (Å²) in [5.41, 5.74) is -1.37. The van der Waals surface area contributed by atoms with E-state index in [1.165, 1.54) is 12.1 Å². The minimum absolute atomic E-state index is 0.0264. The number of pyridine rings is 2. The summed E-state index contributed by atoms with van der Waals surface area (Å²) in [6.45, 7) is 0. The van der Waals surface area contributed by atoms with E-state index in [1.54, 1.807) is 30.3 Å². The second-order valence-corrected chi connectivity index (χ2v) is 5.39. The molecule has 4 aromatic rings. The second kappa shape index (κ2) is 5.80. The average molecular weight is 358 g/mol. The fraction of sp³-hybridized carbons (Fsp3) is 0.0588. The number of nitrogens with zero attached hydrogens (tertiary/aromatic N) is 4. The Kier molecular flexibility index (Phi) is 3.57. The molecule has 1 aromatic carbocycles.